The Bertz CT molecular complexity index is 528. The van der Waals surface area contributed by atoms with Crippen LogP contribution < -0.4 is 5.32 Å². The van der Waals surface area contributed by atoms with Crippen LogP contribution in [0.2, 0.25) is 0 Å². The average Bonchev–Trinajstić information content (AvgIpc) is 2.56. The molecule has 1 aliphatic rings. The summed E-state index contributed by atoms with van der Waals surface area (Å²) in [5, 5.41) is 12.1. The van der Waals surface area contributed by atoms with Crippen LogP contribution in [0.1, 0.15) is 5.56 Å². The number of carbonyl (C=O) groups excluding carboxylic acids is 1. The van der Waals surface area contributed by atoms with Gasteiger partial charge in [0.1, 0.15) is 11.6 Å². The zero-order valence-electron chi connectivity index (χ0n) is 11.9. The molecule has 21 heavy (non-hydrogen) atoms. The lowest BCUT2D eigenvalue weighted by Gasteiger charge is -2.26. The summed E-state index contributed by atoms with van der Waals surface area (Å²) < 4.78 is 5.20. The number of nitrogens with zero attached hydrogens (tertiary/aromatic N) is 2. The third-order valence-corrected chi connectivity index (χ3v) is 3.30. The monoisotopic (exact) mass is 285 g/mol. The van der Waals surface area contributed by atoms with E-state index in [9.17, 15) is 4.79 Å². The summed E-state index contributed by atoms with van der Waals surface area (Å²) in [6.45, 7) is 2.84. The molecule has 0 bridgehead atoms. The van der Waals surface area contributed by atoms with E-state index in [1.807, 2.05) is 24.3 Å². The first kappa shape index (κ1) is 15.1. The molecular formula is C16H19N3O2. The van der Waals surface area contributed by atoms with Crippen LogP contribution in [0.15, 0.2) is 42.1 Å². The van der Waals surface area contributed by atoms with Crippen molar-refractivity contribution >= 4 is 5.91 Å². The van der Waals surface area contributed by atoms with Gasteiger partial charge in [0.2, 0.25) is 0 Å². The van der Waals surface area contributed by atoms with Crippen LogP contribution in [-0.2, 0) is 16.0 Å². The molecule has 1 saturated heterocycles. The van der Waals surface area contributed by atoms with E-state index in [1.165, 1.54) is 11.8 Å². The van der Waals surface area contributed by atoms with Crippen molar-refractivity contribution in [2.75, 3.05) is 32.8 Å². The largest absolute Gasteiger partial charge is 0.389 e. The molecule has 5 nitrogen and oxygen atoms in total. The second-order valence-electron chi connectivity index (χ2n) is 4.76. The first-order valence-corrected chi connectivity index (χ1v) is 7.06. The van der Waals surface area contributed by atoms with Gasteiger partial charge in [-0.25, -0.2) is 0 Å². The minimum Gasteiger partial charge on any atom is -0.389 e. The zero-order chi connectivity index (χ0) is 14.9. The van der Waals surface area contributed by atoms with Crippen molar-refractivity contribution in [1.82, 2.24) is 10.2 Å². The number of rotatable bonds is 5. The molecule has 1 fully saturated rings. The van der Waals surface area contributed by atoms with Crippen molar-refractivity contribution in [3.05, 3.63) is 47.7 Å². The molecule has 2 rings (SSSR count). The lowest BCUT2D eigenvalue weighted by molar-refractivity contribution is -0.130. The standard InChI is InChI=1S/C16H19N3O2/c17-12-15(16(20)19-8-10-21-11-9-19)13-18-7-6-14-4-2-1-3-5-14/h1-5,13,18H,6-11H2/b15-13-. The Kier molecular flexibility index (Phi) is 5.80. The fourth-order valence-corrected chi connectivity index (χ4v) is 2.11. The number of hydrogen-bond acceptors (Lipinski definition) is 4. The molecule has 0 aliphatic carbocycles. The van der Waals surface area contributed by atoms with E-state index in [4.69, 9.17) is 10.00 Å². The lowest BCUT2D eigenvalue weighted by atomic mass is 10.1. The van der Waals surface area contributed by atoms with Gasteiger partial charge in [-0.15, -0.1) is 0 Å². The van der Waals surface area contributed by atoms with Crippen molar-refractivity contribution in [3.8, 4) is 6.07 Å². The highest BCUT2D eigenvalue weighted by molar-refractivity contribution is 5.97. The first-order valence-electron chi connectivity index (χ1n) is 7.06. The third-order valence-electron chi connectivity index (χ3n) is 3.30. The van der Waals surface area contributed by atoms with Gasteiger partial charge in [0.05, 0.1) is 13.2 Å². The average molecular weight is 285 g/mol. The van der Waals surface area contributed by atoms with Gasteiger partial charge in [-0.3, -0.25) is 4.79 Å². The summed E-state index contributed by atoms with van der Waals surface area (Å²) in [5.74, 6) is -0.229. The van der Waals surface area contributed by atoms with Crippen LogP contribution in [0.4, 0.5) is 0 Å². The molecule has 5 heteroatoms. The van der Waals surface area contributed by atoms with Crippen molar-refractivity contribution in [2.45, 2.75) is 6.42 Å². The van der Waals surface area contributed by atoms with E-state index in [0.29, 0.717) is 32.8 Å². The SMILES string of the molecule is N#C/C(=C/NCCc1ccccc1)C(=O)N1CCOCC1. The Morgan fingerprint density at radius 3 is 2.71 bits per heavy atom. The second-order valence-corrected chi connectivity index (χ2v) is 4.76. The van der Waals surface area contributed by atoms with E-state index >= 15 is 0 Å². The Balaban J connectivity index is 1.82. The van der Waals surface area contributed by atoms with Crippen LogP contribution in [-0.4, -0.2) is 43.7 Å². The maximum absolute atomic E-state index is 12.1. The Morgan fingerprint density at radius 1 is 1.33 bits per heavy atom. The molecule has 0 radical (unpaired) electrons. The van der Waals surface area contributed by atoms with E-state index < -0.39 is 0 Å². The normalized spacial score (nSPS) is 15.4. The highest BCUT2D eigenvalue weighted by Gasteiger charge is 2.20. The fraction of sp³-hybridized carbons (Fsp3) is 0.375. The Hall–Kier alpha value is -2.32. The molecular weight excluding hydrogens is 266 g/mol. The minimum absolute atomic E-state index is 0.143. The van der Waals surface area contributed by atoms with E-state index in [-0.39, 0.29) is 11.5 Å². The van der Waals surface area contributed by atoms with Gasteiger partial charge in [-0.05, 0) is 12.0 Å². The Labute approximate surface area is 124 Å². The highest BCUT2D eigenvalue weighted by atomic mass is 16.5. The van der Waals surface area contributed by atoms with Gasteiger partial charge < -0.3 is 15.0 Å². The predicted octanol–water partition coefficient (Wildman–Crippen LogP) is 1.08. The molecule has 110 valence electrons. The number of benzene rings is 1. The molecule has 0 atom stereocenters. The van der Waals surface area contributed by atoms with Gasteiger partial charge >= 0.3 is 0 Å². The van der Waals surface area contributed by atoms with Gasteiger partial charge in [0.15, 0.2) is 0 Å². The van der Waals surface area contributed by atoms with Gasteiger partial charge in [-0.1, -0.05) is 30.3 Å². The number of carbonyl (C=O) groups is 1. The third kappa shape index (κ3) is 4.62. The summed E-state index contributed by atoms with van der Waals surface area (Å²) in [6, 6.07) is 12.0. The van der Waals surface area contributed by atoms with Crippen LogP contribution >= 0.6 is 0 Å². The second kappa shape index (κ2) is 8.08. The van der Waals surface area contributed by atoms with Crippen LogP contribution in [0.25, 0.3) is 0 Å². The quantitative estimate of drug-likeness (QED) is 0.499. The smallest absolute Gasteiger partial charge is 0.266 e. The van der Waals surface area contributed by atoms with Gasteiger partial charge in [-0.2, -0.15) is 5.26 Å². The molecule has 1 aliphatic heterocycles. The maximum atomic E-state index is 12.1. The molecule has 1 heterocycles. The number of nitriles is 1. The Morgan fingerprint density at radius 2 is 2.05 bits per heavy atom. The summed E-state index contributed by atoms with van der Waals surface area (Å²) in [5.41, 5.74) is 1.36. The molecule has 0 spiro atoms. The van der Waals surface area contributed by atoms with Crippen molar-refractivity contribution in [2.24, 2.45) is 0 Å². The molecule has 0 aromatic heterocycles. The predicted molar refractivity (Wildman–Crippen MR) is 79.2 cm³/mol. The van der Waals surface area contributed by atoms with Crippen molar-refractivity contribution in [1.29, 1.82) is 5.26 Å². The van der Waals surface area contributed by atoms with Gasteiger partial charge in [0, 0.05) is 25.8 Å². The number of nitrogens with one attached hydrogen (secondary N) is 1. The molecule has 1 aromatic rings. The topological polar surface area (TPSA) is 65.4 Å². The number of morpholine rings is 1. The summed E-state index contributed by atoms with van der Waals surface area (Å²) in [7, 11) is 0. The van der Waals surface area contributed by atoms with E-state index in [1.54, 1.807) is 4.90 Å². The summed E-state index contributed by atoms with van der Waals surface area (Å²) in [6.07, 6.45) is 2.36. The molecule has 1 aromatic carbocycles. The molecule has 1 N–H and O–H groups in total. The van der Waals surface area contributed by atoms with Crippen LogP contribution in [0.5, 0.6) is 0 Å². The van der Waals surface area contributed by atoms with Crippen LogP contribution in [0.3, 0.4) is 0 Å². The minimum atomic E-state index is -0.229. The zero-order valence-corrected chi connectivity index (χ0v) is 11.9. The first-order chi connectivity index (χ1) is 10.3. The highest BCUT2D eigenvalue weighted by Crippen LogP contribution is 2.04. The lowest BCUT2D eigenvalue weighted by Crippen LogP contribution is -2.41. The van der Waals surface area contributed by atoms with E-state index in [0.717, 1.165) is 6.42 Å². The molecule has 1 amide bonds. The van der Waals surface area contributed by atoms with E-state index in [2.05, 4.69) is 17.4 Å². The van der Waals surface area contributed by atoms with Crippen molar-refractivity contribution in [3.63, 3.8) is 0 Å². The number of hydrogen-bond donors (Lipinski definition) is 1. The molecule has 0 unspecified atom stereocenters. The van der Waals surface area contributed by atoms with Crippen molar-refractivity contribution < 1.29 is 9.53 Å². The summed E-state index contributed by atoms with van der Waals surface area (Å²) in [4.78, 5) is 13.8. The number of amides is 1. The maximum Gasteiger partial charge on any atom is 0.266 e. The summed E-state index contributed by atoms with van der Waals surface area (Å²) >= 11 is 0. The van der Waals surface area contributed by atoms with Crippen LogP contribution in [0, 0.1) is 11.3 Å². The molecule has 0 saturated carbocycles. The fourth-order valence-electron chi connectivity index (χ4n) is 2.11. The number of ether oxygens (including phenoxy) is 1. The van der Waals surface area contributed by atoms with Gasteiger partial charge in [0.25, 0.3) is 5.91 Å².